The summed E-state index contributed by atoms with van der Waals surface area (Å²) in [5.41, 5.74) is 4.51. The Kier molecular flexibility index (Phi) is 7.49. The van der Waals surface area contributed by atoms with Crippen LogP contribution in [0.4, 0.5) is 9.59 Å². The van der Waals surface area contributed by atoms with Crippen LogP contribution in [0.1, 0.15) is 42.7 Å². The molecule has 0 aliphatic heterocycles. The molecule has 1 spiro atoms. The molecule has 8 heteroatoms. The lowest BCUT2D eigenvalue weighted by Crippen LogP contribution is -2.41. The van der Waals surface area contributed by atoms with E-state index in [-0.39, 0.29) is 24.4 Å². The van der Waals surface area contributed by atoms with Gasteiger partial charge in [0.2, 0.25) is 0 Å². The molecule has 2 aromatic rings. The number of ether oxygens (including phenoxy) is 2. The zero-order chi connectivity index (χ0) is 26.5. The zero-order valence-electron chi connectivity index (χ0n) is 21.1. The monoisotopic (exact) mass is 516 g/mol. The Bertz CT molecular complexity index is 1210. The maximum atomic E-state index is 12.5. The minimum atomic E-state index is -1.13. The summed E-state index contributed by atoms with van der Waals surface area (Å²) in [6, 6.07) is 15.0. The maximum absolute atomic E-state index is 12.5. The second-order valence-corrected chi connectivity index (χ2v) is 10.1. The summed E-state index contributed by atoms with van der Waals surface area (Å²) in [6.07, 6.45) is 9.39. The van der Waals surface area contributed by atoms with Gasteiger partial charge >= 0.3 is 18.2 Å². The molecule has 198 valence electrons. The number of carboxylic acids is 1. The van der Waals surface area contributed by atoms with Crippen molar-refractivity contribution in [3.8, 4) is 11.1 Å². The number of allylic oxidation sites excluding steroid dienone is 4. The highest BCUT2D eigenvalue weighted by molar-refractivity contribution is 5.81. The summed E-state index contributed by atoms with van der Waals surface area (Å²) in [5.74, 6) is -0.887. The molecule has 0 aromatic heterocycles. The van der Waals surface area contributed by atoms with E-state index in [0.717, 1.165) is 28.7 Å². The lowest BCUT2D eigenvalue weighted by Gasteiger charge is -2.17. The third-order valence-electron chi connectivity index (χ3n) is 7.66. The number of aliphatic carboxylic acids is 1. The van der Waals surface area contributed by atoms with Crippen LogP contribution in [0.2, 0.25) is 0 Å². The average molecular weight is 517 g/mol. The number of fused-ring (bicyclic) bond motifs is 3. The third kappa shape index (κ3) is 5.59. The van der Waals surface area contributed by atoms with E-state index in [2.05, 4.69) is 34.9 Å². The molecule has 1 saturated carbocycles. The van der Waals surface area contributed by atoms with Crippen LogP contribution in [0.25, 0.3) is 11.1 Å². The molecular formula is C30H32N2O6. The number of carboxylic acid groups (broad SMARTS) is 1. The Morgan fingerprint density at radius 3 is 2.18 bits per heavy atom. The fourth-order valence-corrected chi connectivity index (χ4v) is 5.45. The highest BCUT2D eigenvalue weighted by atomic mass is 16.6. The molecule has 2 amide bonds. The smallest absolute Gasteiger partial charge is 0.407 e. The van der Waals surface area contributed by atoms with Gasteiger partial charge in [-0.2, -0.15) is 0 Å². The summed E-state index contributed by atoms with van der Waals surface area (Å²) < 4.78 is 10.8. The first-order valence-electron chi connectivity index (χ1n) is 13.1. The van der Waals surface area contributed by atoms with Gasteiger partial charge in [-0.3, -0.25) is 0 Å². The second kappa shape index (κ2) is 11.1. The van der Waals surface area contributed by atoms with E-state index >= 15 is 0 Å². The molecule has 0 heterocycles. The van der Waals surface area contributed by atoms with Crippen molar-refractivity contribution in [2.24, 2.45) is 11.3 Å². The number of benzene rings is 2. The summed E-state index contributed by atoms with van der Waals surface area (Å²) in [6.45, 7) is 0.865. The molecule has 38 heavy (non-hydrogen) atoms. The highest BCUT2D eigenvalue weighted by Gasteiger charge is 2.51. The standard InChI is InChI=1S/C30H32N2O6/c33-27(34)26(13-5-8-16-31-28(35)37-18-20-17-30(20)14-6-7-15-30)32-29(36)38-19-25-23-11-3-1-9-21(23)22-10-2-4-12-24(22)25/h1-4,6-7,9-12,14-15,20,25-26H,5,8,13,16-19H2,(H,31,35)(H,32,36)(H,33,34)/t20?,26-/m0/s1. The number of carbonyl (C=O) groups is 3. The van der Waals surface area contributed by atoms with Crippen LogP contribution in [-0.4, -0.2) is 49.1 Å². The molecule has 0 saturated heterocycles. The van der Waals surface area contributed by atoms with E-state index in [0.29, 0.717) is 31.9 Å². The quantitative estimate of drug-likeness (QED) is 0.362. The summed E-state index contributed by atoms with van der Waals surface area (Å²) in [5, 5.41) is 14.7. The van der Waals surface area contributed by atoms with Crippen LogP contribution < -0.4 is 10.6 Å². The van der Waals surface area contributed by atoms with Gasteiger partial charge in [-0.15, -0.1) is 0 Å². The number of hydrogen-bond donors (Lipinski definition) is 3. The summed E-state index contributed by atoms with van der Waals surface area (Å²) >= 11 is 0. The molecule has 2 atom stereocenters. The third-order valence-corrected chi connectivity index (χ3v) is 7.66. The van der Waals surface area contributed by atoms with Crippen molar-refractivity contribution in [1.82, 2.24) is 10.6 Å². The highest BCUT2D eigenvalue weighted by Crippen LogP contribution is 2.56. The Balaban J connectivity index is 1.01. The van der Waals surface area contributed by atoms with Crippen LogP contribution in [0.15, 0.2) is 72.8 Å². The van der Waals surface area contributed by atoms with E-state index in [4.69, 9.17) is 9.47 Å². The fourth-order valence-electron chi connectivity index (χ4n) is 5.45. The molecule has 1 unspecified atom stereocenters. The van der Waals surface area contributed by atoms with Gasteiger partial charge in [0.25, 0.3) is 0 Å². The van der Waals surface area contributed by atoms with Gasteiger partial charge in [-0.25, -0.2) is 14.4 Å². The number of hydrogen-bond acceptors (Lipinski definition) is 5. The van der Waals surface area contributed by atoms with Gasteiger partial charge in [0.1, 0.15) is 12.6 Å². The van der Waals surface area contributed by atoms with Crippen molar-refractivity contribution in [2.75, 3.05) is 19.8 Å². The largest absolute Gasteiger partial charge is 0.480 e. The van der Waals surface area contributed by atoms with Crippen molar-refractivity contribution in [3.05, 3.63) is 84.0 Å². The average Bonchev–Trinajstić information content (AvgIpc) is 3.22. The first kappa shape index (κ1) is 25.6. The van der Waals surface area contributed by atoms with Gasteiger partial charge in [-0.05, 0) is 47.9 Å². The Labute approximate surface area is 221 Å². The van der Waals surface area contributed by atoms with Crippen LogP contribution in [-0.2, 0) is 14.3 Å². The molecule has 3 N–H and O–H groups in total. The van der Waals surface area contributed by atoms with Crippen molar-refractivity contribution in [3.63, 3.8) is 0 Å². The van der Waals surface area contributed by atoms with Crippen LogP contribution >= 0.6 is 0 Å². The van der Waals surface area contributed by atoms with Crippen LogP contribution in [0.5, 0.6) is 0 Å². The van der Waals surface area contributed by atoms with Gasteiger partial charge < -0.3 is 25.2 Å². The minimum Gasteiger partial charge on any atom is -0.480 e. The van der Waals surface area contributed by atoms with Crippen molar-refractivity contribution in [1.29, 1.82) is 0 Å². The lowest BCUT2D eigenvalue weighted by molar-refractivity contribution is -0.139. The van der Waals surface area contributed by atoms with E-state index in [1.807, 2.05) is 48.6 Å². The molecule has 0 radical (unpaired) electrons. The van der Waals surface area contributed by atoms with Crippen LogP contribution in [0, 0.1) is 11.3 Å². The molecule has 1 fully saturated rings. The van der Waals surface area contributed by atoms with Crippen LogP contribution in [0.3, 0.4) is 0 Å². The second-order valence-electron chi connectivity index (χ2n) is 10.1. The number of alkyl carbamates (subject to hydrolysis) is 2. The topological polar surface area (TPSA) is 114 Å². The molecule has 0 bridgehead atoms. The number of rotatable bonds is 11. The van der Waals surface area contributed by atoms with E-state index in [9.17, 15) is 19.5 Å². The van der Waals surface area contributed by atoms with E-state index in [1.165, 1.54) is 0 Å². The first-order valence-corrected chi connectivity index (χ1v) is 13.1. The summed E-state index contributed by atoms with van der Waals surface area (Å²) in [4.78, 5) is 36.1. The zero-order valence-corrected chi connectivity index (χ0v) is 21.1. The SMILES string of the molecule is O=C(NCCCC[C@H](NC(=O)OCC1c2ccccc2-c2ccccc21)C(=O)O)OCC1CC12C=CC=C2. The first-order chi connectivity index (χ1) is 18.5. The fraction of sp³-hybridized carbons (Fsp3) is 0.367. The van der Waals surface area contributed by atoms with E-state index in [1.54, 1.807) is 0 Å². The minimum absolute atomic E-state index is 0.0896. The van der Waals surface area contributed by atoms with Gasteiger partial charge in [0.05, 0.1) is 6.61 Å². The molecule has 8 nitrogen and oxygen atoms in total. The van der Waals surface area contributed by atoms with Gasteiger partial charge in [0, 0.05) is 23.8 Å². The number of amides is 2. The maximum Gasteiger partial charge on any atom is 0.407 e. The predicted molar refractivity (Wildman–Crippen MR) is 142 cm³/mol. The number of unbranched alkanes of at least 4 members (excludes halogenated alkanes) is 1. The van der Waals surface area contributed by atoms with E-state index < -0.39 is 24.2 Å². The summed E-state index contributed by atoms with van der Waals surface area (Å²) in [7, 11) is 0. The Morgan fingerprint density at radius 1 is 0.895 bits per heavy atom. The molecule has 3 aliphatic rings. The molecular weight excluding hydrogens is 484 g/mol. The molecule has 2 aromatic carbocycles. The molecule has 3 aliphatic carbocycles. The predicted octanol–water partition coefficient (Wildman–Crippen LogP) is 5.01. The van der Waals surface area contributed by atoms with Crippen molar-refractivity contribution in [2.45, 2.75) is 37.6 Å². The van der Waals surface area contributed by atoms with Crippen molar-refractivity contribution < 1.29 is 29.0 Å². The number of nitrogens with one attached hydrogen (secondary N) is 2. The normalized spacial score (nSPS) is 18.5. The Morgan fingerprint density at radius 2 is 1.53 bits per heavy atom. The number of carbonyl (C=O) groups excluding carboxylic acids is 2. The molecule has 5 rings (SSSR count). The van der Waals surface area contributed by atoms with Gasteiger partial charge in [0.15, 0.2) is 0 Å². The lowest BCUT2D eigenvalue weighted by atomic mass is 9.98. The Hall–Kier alpha value is -4.07. The van der Waals surface area contributed by atoms with Crippen molar-refractivity contribution >= 4 is 18.2 Å². The van der Waals surface area contributed by atoms with Gasteiger partial charge in [-0.1, -0.05) is 72.8 Å².